The quantitative estimate of drug-likeness (QED) is 0.800. The lowest BCUT2D eigenvalue weighted by atomic mass is 9.96. The van der Waals surface area contributed by atoms with Gasteiger partial charge in [0.25, 0.3) is 5.91 Å². The lowest BCUT2D eigenvalue weighted by Gasteiger charge is -2.20. The fourth-order valence-corrected chi connectivity index (χ4v) is 2.98. The van der Waals surface area contributed by atoms with Gasteiger partial charge < -0.3 is 15.5 Å². The fraction of sp³-hybridized carbons (Fsp3) is 0.471. The fourth-order valence-electron chi connectivity index (χ4n) is 2.98. The normalized spacial score (nSPS) is 23.2. The molecular formula is C17H22N4O3. The largest absolute Gasteiger partial charge is 0.378 e. The second kappa shape index (κ2) is 5.81. The van der Waals surface area contributed by atoms with E-state index in [1.165, 1.54) is 0 Å². The minimum absolute atomic E-state index is 0.181. The SMILES string of the molecule is CN(C)c1ccc(NC(=O)CN2C(=O)NC(C)(C3CC3)C2=O)cc1. The van der Waals surface area contributed by atoms with Crippen LogP contribution in [-0.4, -0.2) is 48.9 Å². The van der Waals surface area contributed by atoms with Crippen LogP contribution in [-0.2, 0) is 9.59 Å². The lowest BCUT2D eigenvalue weighted by Crippen LogP contribution is -2.46. The summed E-state index contributed by atoms with van der Waals surface area (Å²) in [4.78, 5) is 39.7. The molecule has 1 aromatic carbocycles. The molecule has 1 aromatic rings. The molecule has 0 bridgehead atoms. The molecule has 2 aliphatic rings. The van der Waals surface area contributed by atoms with Crippen LogP contribution in [0.5, 0.6) is 0 Å². The van der Waals surface area contributed by atoms with Gasteiger partial charge in [0, 0.05) is 25.5 Å². The molecule has 7 heteroatoms. The molecule has 1 saturated carbocycles. The average Bonchev–Trinajstić information content (AvgIpc) is 3.34. The minimum Gasteiger partial charge on any atom is -0.378 e. The van der Waals surface area contributed by atoms with Crippen LogP contribution in [0.15, 0.2) is 24.3 Å². The van der Waals surface area contributed by atoms with Gasteiger partial charge in [0.15, 0.2) is 0 Å². The Morgan fingerprint density at radius 3 is 2.46 bits per heavy atom. The van der Waals surface area contributed by atoms with Crippen LogP contribution >= 0.6 is 0 Å². The van der Waals surface area contributed by atoms with Gasteiger partial charge in [-0.1, -0.05) is 0 Å². The van der Waals surface area contributed by atoms with Gasteiger partial charge in [-0.15, -0.1) is 0 Å². The van der Waals surface area contributed by atoms with Crippen molar-refractivity contribution in [3.63, 3.8) is 0 Å². The van der Waals surface area contributed by atoms with Gasteiger partial charge in [-0.2, -0.15) is 0 Å². The minimum atomic E-state index is -0.856. The van der Waals surface area contributed by atoms with E-state index in [1.807, 2.05) is 31.1 Å². The summed E-state index contributed by atoms with van der Waals surface area (Å²) in [6, 6.07) is 6.84. The first kappa shape index (κ1) is 16.3. The molecule has 0 aromatic heterocycles. The molecule has 128 valence electrons. The van der Waals surface area contributed by atoms with E-state index in [4.69, 9.17) is 0 Å². The van der Waals surface area contributed by atoms with Crippen molar-refractivity contribution in [1.82, 2.24) is 10.2 Å². The number of anilines is 2. The molecule has 1 heterocycles. The van der Waals surface area contributed by atoms with Crippen molar-refractivity contribution >= 4 is 29.2 Å². The molecule has 1 atom stereocenters. The number of carbonyl (C=O) groups is 3. The molecule has 1 aliphatic heterocycles. The molecule has 1 saturated heterocycles. The number of hydrogen-bond acceptors (Lipinski definition) is 4. The molecule has 2 N–H and O–H groups in total. The summed E-state index contributed by atoms with van der Waals surface area (Å²) in [6.07, 6.45) is 1.86. The highest BCUT2D eigenvalue weighted by Gasteiger charge is 2.56. The Kier molecular flexibility index (Phi) is 3.95. The second-order valence-corrected chi connectivity index (χ2v) is 6.79. The average molecular weight is 330 g/mol. The summed E-state index contributed by atoms with van der Waals surface area (Å²) in [7, 11) is 3.87. The Bertz CT molecular complexity index is 682. The Morgan fingerprint density at radius 1 is 1.29 bits per heavy atom. The highest BCUT2D eigenvalue weighted by Crippen LogP contribution is 2.42. The van der Waals surface area contributed by atoms with Crippen molar-refractivity contribution in [2.24, 2.45) is 5.92 Å². The van der Waals surface area contributed by atoms with Crippen molar-refractivity contribution in [2.75, 3.05) is 30.9 Å². The zero-order chi connectivity index (χ0) is 17.5. The first-order valence-electron chi connectivity index (χ1n) is 8.02. The molecule has 0 radical (unpaired) electrons. The van der Waals surface area contributed by atoms with Crippen LogP contribution in [0, 0.1) is 5.92 Å². The van der Waals surface area contributed by atoms with Crippen molar-refractivity contribution in [1.29, 1.82) is 0 Å². The van der Waals surface area contributed by atoms with Crippen LogP contribution in [0.2, 0.25) is 0 Å². The third kappa shape index (κ3) is 2.93. The Balaban J connectivity index is 1.62. The van der Waals surface area contributed by atoms with E-state index in [-0.39, 0.29) is 18.4 Å². The Labute approximate surface area is 141 Å². The molecule has 7 nitrogen and oxygen atoms in total. The summed E-state index contributed by atoms with van der Waals surface area (Å²) in [5, 5.41) is 5.45. The topological polar surface area (TPSA) is 81.8 Å². The number of amides is 4. The van der Waals surface area contributed by atoms with Crippen LogP contribution in [0.3, 0.4) is 0 Å². The van der Waals surface area contributed by atoms with Gasteiger partial charge in [0.1, 0.15) is 12.1 Å². The molecule has 2 fully saturated rings. The van der Waals surface area contributed by atoms with E-state index >= 15 is 0 Å². The zero-order valence-electron chi connectivity index (χ0n) is 14.1. The van der Waals surface area contributed by atoms with Crippen molar-refractivity contribution in [3.8, 4) is 0 Å². The third-order valence-corrected chi connectivity index (χ3v) is 4.66. The number of nitrogens with one attached hydrogen (secondary N) is 2. The highest BCUT2D eigenvalue weighted by molar-refractivity contribution is 6.10. The molecule has 24 heavy (non-hydrogen) atoms. The first-order valence-corrected chi connectivity index (χ1v) is 8.02. The van der Waals surface area contributed by atoms with Gasteiger partial charge in [0.2, 0.25) is 5.91 Å². The summed E-state index contributed by atoms with van der Waals surface area (Å²) < 4.78 is 0. The number of benzene rings is 1. The van der Waals surface area contributed by atoms with E-state index in [0.717, 1.165) is 23.4 Å². The summed E-state index contributed by atoms with van der Waals surface area (Å²) in [5.41, 5.74) is 0.787. The van der Waals surface area contributed by atoms with Crippen LogP contribution < -0.4 is 15.5 Å². The van der Waals surface area contributed by atoms with Gasteiger partial charge >= 0.3 is 6.03 Å². The van der Waals surface area contributed by atoms with Crippen LogP contribution in [0.25, 0.3) is 0 Å². The van der Waals surface area contributed by atoms with E-state index in [1.54, 1.807) is 19.1 Å². The van der Waals surface area contributed by atoms with Crippen molar-refractivity contribution in [3.05, 3.63) is 24.3 Å². The summed E-state index contributed by atoms with van der Waals surface area (Å²) in [5.74, 6) is -0.523. The first-order chi connectivity index (χ1) is 11.3. The molecule has 1 unspecified atom stereocenters. The number of rotatable bonds is 5. The number of urea groups is 1. The molecule has 4 amide bonds. The maximum absolute atomic E-state index is 12.5. The van der Waals surface area contributed by atoms with Crippen LogP contribution in [0.4, 0.5) is 16.2 Å². The number of hydrogen-bond donors (Lipinski definition) is 2. The van der Waals surface area contributed by atoms with Crippen molar-refractivity contribution < 1.29 is 14.4 Å². The van der Waals surface area contributed by atoms with E-state index in [2.05, 4.69) is 10.6 Å². The molecular weight excluding hydrogens is 308 g/mol. The van der Waals surface area contributed by atoms with E-state index in [9.17, 15) is 14.4 Å². The Hall–Kier alpha value is -2.57. The van der Waals surface area contributed by atoms with Crippen LogP contribution in [0.1, 0.15) is 19.8 Å². The summed E-state index contributed by atoms with van der Waals surface area (Å²) in [6.45, 7) is 1.46. The maximum Gasteiger partial charge on any atom is 0.325 e. The monoisotopic (exact) mass is 330 g/mol. The van der Waals surface area contributed by atoms with Gasteiger partial charge in [-0.25, -0.2) is 4.79 Å². The standard InChI is InChI=1S/C17H22N4O3/c1-17(11-4-5-11)15(23)21(16(24)19-17)10-14(22)18-12-6-8-13(9-7-12)20(2)3/h6-9,11H,4-5,10H2,1-3H3,(H,18,22)(H,19,24). The van der Waals surface area contributed by atoms with Gasteiger partial charge in [0.05, 0.1) is 0 Å². The molecule has 1 aliphatic carbocycles. The highest BCUT2D eigenvalue weighted by atomic mass is 16.2. The van der Waals surface area contributed by atoms with E-state index in [0.29, 0.717) is 5.69 Å². The predicted octanol–water partition coefficient (Wildman–Crippen LogP) is 1.41. The number of imide groups is 1. The zero-order valence-corrected chi connectivity index (χ0v) is 14.1. The number of carbonyl (C=O) groups excluding carboxylic acids is 3. The Morgan fingerprint density at radius 2 is 1.92 bits per heavy atom. The maximum atomic E-state index is 12.5. The van der Waals surface area contributed by atoms with Gasteiger partial charge in [-0.3, -0.25) is 14.5 Å². The van der Waals surface area contributed by atoms with E-state index < -0.39 is 17.5 Å². The predicted molar refractivity (Wildman–Crippen MR) is 90.8 cm³/mol. The molecule has 0 spiro atoms. The van der Waals surface area contributed by atoms with Crippen molar-refractivity contribution in [2.45, 2.75) is 25.3 Å². The second-order valence-electron chi connectivity index (χ2n) is 6.79. The number of nitrogens with zero attached hydrogens (tertiary/aromatic N) is 2. The third-order valence-electron chi connectivity index (χ3n) is 4.66. The van der Waals surface area contributed by atoms with Gasteiger partial charge in [-0.05, 0) is 49.9 Å². The smallest absolute Gasteiger partial charge is 0.325 e. The summed E-state index contributed by atoms with van der Waals surface area (Å²) >= 11 is 0. The lowest BCUT2D eigenvalue weighted by molar-refractivity contribution is -0.134. The molecule has 3 rings (SSSR count).